The number of amidine groups is 1. The zero-order valence-electron chi connectivity index (χ0n) is 20.4. The third-order valence-electron chi connectivity index (χ3n) is 7.78. The molecule has 2 aliphatic heterocycles. The molecule has 4 aliphatic rings. The summed E-state index contributed by atoms with van der Waals surface area (Å²) in [5.74, 6) is 1.10. The van der Waals surface area contributed by atoms with Crippen LogP contribution in [0.2, 0.25) is 0 Å². The van der Waals surface area contributed by atoms with E-state index in [-0.39, 0.29) is 24.3 Å². The van der Waals surface area contributed by atoms with Gasteiger partial charge in [0.05, 0.1) is 30.8 Å². The van der Waals surface area contributed by atoms with Crippen LogP contribution in [0.5, 0.6) is 0 Å². The second-order valence-corrected chi connectivity index (χ2v) is 10.8. The van der Waals surface area contributed by atoms with E-state index in [1.807, 2.05) is 12.3 Å². The summed E-state index contributed by atoms with van der Waals surface area (Å²) in [7, 11) is 1.42. The number of aryl methyl sites for hydroxylation is 2. The van der Waals surface area contributed by atoms with E-state index >= 15 is 0 Å². The van der Waals surface area contributed by atoms with Crippen molar-refractivity contribution >= 4 is 28.8 Å². The number of rotatable bonds is 6. The van der Waals surface area contributed by atoms with Gasteiger partial charge < -0.3 is 15.0 Å². The molecule has 0 saturated heterocycles. The smallest absolute Gasteiger partial charge is 0.338 e. The van der Waals surface area contributed by atoms with Crippen molar-refractivity contribution in [3.05, 3.63) is 57.3 Å². The van der Waals surface area contributed by atoms with Gasteiger partial charge in [-0.1, -0.05) is 48.9 Å². The van der Waals surface area contributed by atoms with Crippen molar-refractivity contribution in [2.75, 3.05) is 7.11 Å². The number of thioether (sulfide) groups is 1. The number of ether oxygens (including phenoxy) is 1. The van der Waals surface area contributed by atoms with E-state index in [1.165, 1.54) is 43.7 Å². The van der Waals surface area contributed by atoms with E-state index in [0.29, 0.717) is 24.0 Å². The zero-order chi connectivity index (χ0) is 24.0. The predicted molar refractivity (Wildman–Crippen MR) is 135 cm³/mol. The maximum Gasteiger partial charge on any atom is 0.338 e. The number of allylic oxidation sites excluding steroid dienone is 1. The zero-order valence-corrected chi connectivity index (χ0v) is 21.2. The summed E-state index contributed by atoms with van der Waals surface area (Å²) in [6.45, 7) is 6.15. The number of fused-ring (bicyclic) bond motifs is 3. The molecule has 180 valence electrons. The number of hydrogen-bond acceptors (Lipinski definition) is 6. The first-order valence-corrected chi connectivity index (χ1v) is 13.2. The molecule has 5 rings (SSSR count). The SMILES string of the molecule is CCC1=C(C(=O)OC)[C@@H](c2ccc(C)cc2C)N2C(CC(=O)N[C@@H]3C[C@H]4CC[C@H]3C4)=CSC2=N1. The molecular weight excluding hydrogens is 446 g/mol. The summed E-state index contributed by atoms with van der Waals surface area (Å²) in [5.41, 5.74) is 5.49. The number of nitrogens with zero attached hydrogens (tertiary/aromatic N) is 2. The summed E-state index contributed by atoms with van der Waals surface area (Å²) in [4.78, 5) is 33.1. The maximum absolute atomic E-state index is 13.1. The van der Waals surface area contributed by atoms with Crippen molar-refractivity contribution in [2.45, 2.75) is 71.4 Å². The number of aliphatic imine (C=N–C) groups is 1. The Labute approximate surface area is 205 Å². The molecule has 4 atom stereocenters. The topological polar surface area (TPSA) is 71.0 Å². The number of methoxy groups -OCH3 is 1. The molecule has 1 aromatic carbocycles. The van der Waals surface area contributed by atoms with Crippen LogP contribution in [0.25, 0.3) is 0 Å². The van der Waals surface area contributed by atoms with Crippen LogP contribution < -0.4 is 5.32 Å². The van der Waals surface area contributed by atoms with Crippen molar-refractivity contribution in [3.63, 3.8) is 0 Å². The molecule has 0 radical (unpaired) electrons. The highest BCUT2D eigenvalue weighted by Crippen LogP contribution is 2.47. The lowest BCUT2D eigenvalue weighted by Gasteiger charge is -2.37. The number of benzene rings is 1. The summed E-state index contributed by atoms with van der Waals surface area (Å²) < 4.78 is 5.22. The Hall–Kier alpha value is -2.54. The van der Waals surface area contributed by atoms with Crippen LogP contribution in [-0.4, -0.2) is 35.1 Å². The number of hydrogen-bond donors (Lipinski definition) is 1. The van der Waals surface area contributed by atoms with Crippen LogP contribution >= 0.6 is 11.8 Å². The van der Waals surface area contributed by atoms with Crippen molar-refractivity contribution in [1.29, 1.82) is 0 Å². The van der Waals surface area contributed by atoms with Crippen LogP contribution in [-0.2, 0) is 14.3 Å². The number of nitrogens with one attached hydrogen (secondary N) is 1. The molecule has 2 saturated carbocycles. The lowest BCUT2D eigenvalue weighted by atomic mass is 9.89. The average molecular weight is 480 g/mol. The Morgan fingerprint density at radius 2 is 2.06 bits per heavy atom. The lowest BCUT2D eigenvalue weighted by Crippen LogP contribution is -2.41. The summed E-state index contributed by atoms with van der Waals surface area (Å²) in [6, 6.07) is 6.23. The normalized spacial score (nSPS) is 27.5. The minimum absolute atomic E-state index is 0.0508. The molecule has 2 heterocycles. The highest BCUT2D eigenvalue weighted by atomic mass is 32.2. The number of amides is 1. The summed E-state index contributed by atoms with van der Waals surface area (Å²) in [6.07, 6.45) is 5.82. The van der Waals surface area contributed by atoms with E-state index in [0.717, 1.165) is 40.0 Å². The Morgan fingerprint density at radius 1 is 1.24 bits per heavy atom. The number of carbonyl (C=O) groups is 2. The summed E-state index contributed by atoms with van der Waals surface area (Å²) >= 11 is 1.53. The van der Waals surface area contributed by atoms with Gasteiger partial charge in [-0.15, -0.1) is 0 Å². The molecule has 2 fully saturated rings. The highest BCUT2D eigenvalue weighted by Gasteiger charge is 2.43. The third-order valence-corrected chi connectivity index (χ3v) is 8.66. The monoisotopic (exact) mass is 479 g/mol. The number of carbonyl (C=O) groups excluding carboxylic acids is 2. The first-order chi connectivity index (χ1) is 16.4. The predicted octanol–water partition coefficient (Wildman–Crippen LogP) is 5.14. The van der Waals surface area contributed by atoms with Crippen molar-refractivity contribution in [2.24, 2.45) is 16.8 Å². The molecule has 2 aliphatic carbocycles. The molecule has 0 spiro atoms. The second-order valence-electron chi connectivity index (χ2n) is 9.99. The van der Waals surface area contributed by atoms with Crippen molar-refractivity contribution < 1.29 is 14.3 Å². The number of esters is 1. The maximum atomic E-state index is 13.1. The molecule has 34 heavy (non-hydrogen) atoms. The van der Waals surface area contributed by atoms with E-state index < -0.39 is 0 Å². The van der Waals surface area contributed by atoms with Gasteiger partial charge in [0.1, 0.15) is 0 Å². The van der Waals surface area contributed by atoms with Gasteiger partial charge in [0, 0.05) is 11.7 Å². The average Bonchev–Trinajstić information content (AvgIpc) is 3.54. The molecule has 1 N–H and O–H groups in total. The first kappa shape index (κ1) is 23.2. The fraction of sp³-hybridized carbons (Fsp3) is 0.519. The van der Waals surface area contributed by atoms with Crippen LogP contribution in [0, 0.1) is 25.7 Å². The largest absolute Gasteiger partial charge is 0.466 e. The van der Waals surface area contributed by atoms with Crippen LogP contribution in [0.15, 0.2) is 45.6 Å². The molecule has 1 aromatic rings. The first-order valence-electron chi connectivity index (χ1n) is 12.3. The highest BCUT2D eigenvalue weighted by molar-refractivity contribution is 8.16. The molecule has 0 aromatic heterocycles. The van der Waals surface area contributed by atoms with Crippen LogP contribution in [0.3, 0.4) is 0 Å². The second kappa shape index (κ2) is 9.25. The van der Waals surface area contributed by atoms with Gasteiger partial charge in [-0.25, -0.2) is 9.79 Å². The summed E-state index contributed by atoms with van der Waals surface area (Å²) in [5, 5.41) is 6.15. The van der Waals surface area contributed by atoms with Gasteiger partial charge in [-0.3, -0.25) is 4.79 Å². The Morgan fingerprint density at radius 3 is 2.71 bits per heavy atom. The third kappa shape index (κ3) is 4.08. The van der Waals surface area contributed by atoms with E-state index in [4.69, 9.17) is 9.73 Å². The van der Waals surface area contributed by atoms with E-state index in [9.17, 15) is 9.59 Å². The standard InChI is InChI=1S/C27H33N3O3S/c1-5-21-24(26(32)33-4)25(20-9-6-15(2)10-16(20)3)30-19(14-34-27(30)29-21)13-23(31)28-22-12-17-7-8-18(22)11-17/h6,9-10,14,17-18,22,25H,5,7-8,11-13H2,1-4H3,(H,28,31)/t17-,18-,22+,25+/m0/s1. The van der Waals surface area contributed by atoms with E-state index in [2.05, 4.69) is 42.3 Å². The minimum Gasteiger partial charge on any atom is -0.466 e. The molecule has 1 amide bonds. The lowest BCUT2D eigenvalue weighted by molar-refractivity contribution is -0.136. The molecular formula is C27H33N3O3S. The van der Waals surface area contributed by atoms with Gasteiger partial charge in [0.25, 0.3) is 0 Å². The molecule has 6 nitrogen and oxygen atoms in total. The molecule has 7 heteroatoms. The minimum atomic E-state index is -0.368. The Bertz CT molecular complexity index is 1120. The van der Waals surface area contributed by atoms with Gasteiger partial charge >= 0.3 is 5.97 Å². The van der Waals surface area contributed by atoms with Gasteiger partial charge in [0.15, 0.2) is 5.17 Å². The fourth-order valence-electron chi connectivity index (χ4n) is 6.18. The van der Waals surface area contributed by atoms with Gasteiger partial charge in [-0.05, 0) is 67.9 Å². The van der Waals surface area contributed by atoms with E-state index in [1.54, 1.807) is 0 Å². The fourth-order valence-corrected chi connectivity index (χ4v) is 7.12. The van der Waals surface area contributed by atoms with Crippen LogP contribution in [0.4, 0.5) is 0 Å². The van der Waals surface area contributed by atoms with Gasteiger partial charge in [0.2, 0.25) is 5.91 Å². The quantitative estimate of drug-likeness (QED) is 0.573. The Kier molecular flexibility index (Phi) is 6.32. The molecule has 0 unspecified atom stereocenters. The van der Waals surface area contributed by atoms with Crippen molar-refractivity contribution in [1.82, 2.24) is 10.2 Å². The van der Waals surface area contributed by atoms with Crippen LogP contribution in [0.1, 0.15) is 68.2 Å². The Balaban J connectivity index is 1.46. The van der Waals surface area contributed by atoms with Crippen molar-refractivity contribution in [3.8, 4) is 0 Å². The molecule has 2 bridgehead atoms. The van der Waals surface area contributed by atoms with Gasteiger partial charge in [-0.2, -0.15) is 0 Å².